The van der Waals surface area contributed by atoms with Gasteiger partial charge in [-0.05, 0) is 97.7 Å². The molecular formula is C30H37ClN2O5S. The zero-order chi connectivity index (χ0) is 27.6. The summed E-state index contributed by atoms with van der Waals surface area (Å²) in [6.45, 7) is 3.67. The van der Waals surface area contributed by atoms with Gasteiger partial charge in [0.2, 0.25) is 10.0 Å². The van der Waals surface area contributed by atoms with E-state index in [0.717, 1.165) is 56.4 Å². The molecule has 0 unspecified atom stereocenters. The number of nitrogens with one attached hydrogen (secondary N) is 1. The van der Waals surface area contributed by atoms with Crippen LogP contribution in [0.4, 0.5) is 5.69 Å². The van der Waals surface area contributed by atoms with Gasteiger partial charge in [0.1, 0.15) is 12.4 Å². The van der Waals surface area contributed by atoms with Gasteiger partial charge in [-0.2, -0.15) is 0 Å². The van der Waals surface area contributed by atoms with Crippen molar-refractivity contribution in [2.75, 3.05) is 23.7 Å². The second-order valence-corrected chi connectivity index (χ2v) is 13.5. The molecule has 1 aliphatic carbocycles. The van der Waals surface area contributed by atoms with Gasteiger partial charge in [-0.1, -0.05) is 36.7 Å². The minimum absolute atomic E-state index is 0.147. The Morgan fingerprint density at radius 2 is 1.95 bits per heavy atom. The first-order chi connectivity index (χ1) is 18.7. The molecule has 1 fully saturated rings. The first kappa shape index (κ1) is 28.0. The fourth-order valence-corrected chi connectivity index (χ4v) is 7.47. The number of sulfonamides is 1. The van der Waals surface area contributed by atoms with Gasteiger partial charge in [-0.15, -0.1) is 0 Å². The molecule has 0 saturated heterocycles. The SMILES string of the molecule is C[C@H]1C/C=C/[C@@H](O)[C@@H]2CC[C@H]2CN2CCCCc3cc(Cl)ccc3COc3ccc(cc32)C(=O)NS(=O)(=O)C1. The number of aliphatic hydroxyl groups excluding tert-OH is 1. The lowest BCUT2D eigenvalue weighted by Gasteiger charge is -2.42. The Kier molecular flexibility index (Phi) is 8.55. The van der Waals surface area contributed by atoms with Crippen LogP contribution in [-0.4, -0.2) is 44.4 Å². The Bertz CT molecular complexity index is 1340. The molecule has 0 spiro atoms. The lowest BCUT2D eigenvalue weighted by atomic mass is 9.70. The number of fused-ring (bicyclic) bond motifs is 3. The van der Waals surface area contributed by atoms with E-state index in [-0.39, 0.29) is 23.2 Å². The molecule has 2 aliphatic heterocycles. The first-order valence-electron chi connectivity index (χ1n) is 13.9. The Morgan fingerprint density at radius 3 is 2.74 bits per heavy atom. The number of carbonyl (C=O) groups excluding carboxylic acids is 1. The van der Waals surface area contributed by atoms with Crippen LogP contribution in [0.25, 0.3) is 0 Å². The number of anilines is 1. The van der Waals surface area contributed by atoms with E-state index in [9.17, 15) is 18.3 Å². The van der Waals surface area contributed by atoms with Gasteiger partial charge in [0.05, 0.1) is 17.5 Å². The van der Waals surface area contributed by atoms with E-state index in [1.807, 2.05) is 37.3 Å². The molecule has 5 rings (SSSR count). The zero-order valence-electron chi connectivity index (χ0n) is 22.3. The van der Waals surface area contributed by atoms with Gasteiger partial charge in [-0.3, -0.25) is 4.79 Å². The molecule has 0 aromatic heterocycles. The zero-order valence-corrected chi connectivity index (χ0v) is 23.9. The van der Waals surface area contributed by atoms with Gasteiger partial charge < -0.3 is 14.7 Å². The number of ether oxygens (including phenoxy) is 1. The summed E-state index contributed by atoms with van der Waals surface area (Å²) < 4.78 is 34.1. The fourth-order valence-electron chi connectivity index (χ4n) is 5.91. The summed E-state index contributed by atoms with van der Waals surface area (Å²) in [6.07, 6.45) is 8.40. The maximum Gasteiger partial charge on any atom is 0.264 e. The van der Waals surface area contributed by atoms with Crippen molar-refractivity contribution in [3.8, 4) is 5.75 Å². The first-order valence-corrected chi connectivity index (χ1v) is 15.9. The maximum atomic E-state index is 13.1. The molecule has 2 aromatic rings. The third kappa shape index (κ3) is 6.79. The second-order valence-electron chi connectivity index (χ2n) is 11.3. The molecule has 1 amide bonds. The monoisotopic (exact) mass is 572 g/mol. The predicted octanol–water partition coefficient (Wildman–Crippen LogP) is 5.10. The Hall–Kier alpha value is -2.55. The number of aryl methyl sites for hydroxylation is 1. The summed E-state index contributed by atoms with van der Waals surface area (Å²) in [5, 5.41) is 11.6. The summed E-state index contributed by atoms with van der Waals surface area (Å²) in [5.41, 5.74) is 3.29. The molecule has 1 saturated carbocycles. The Labute approximate surface area is 236 Å². The fraction of sp³-hybridized carbons (Fsp3) is 0.500. The van der Waals surface area contributed by atoms with Gasteiger partial charge in [0.15, 0.2) is 0 Å². The minimum Gasteiger partial charge on any atom is -0.487 e. The number of amides is 1. The van der Waals surface area contributed by atoms with Crippen molar-refractivity contribution < 1.29 is 23.1 Å². The number of halogens is 1. The molecule has 0 radical (unpaired) electrons. The van der Waals surface area contributed by atoms with Gasteiger partial charge in [0.25, 0.3) is 5.91 Å². The smallest absolute Gasteiger partial charge is 0.264 e. The van der Waals surface area contributed by atoms with Crippen LogP contribution in [0.5, 0.6) is 5.75 Å². The van der Waals surface area contributed by atoms with Crippen molar-refractivity contribution in [2.24, 2.45) is 17.8 Å². The van der Waals surface area contributed by atoms with Crippen LogP contribution >= 0.6 is 11.6 Å². The third-order valence-corrected chi connectivity index (χ3v) is 9.97. The highest BCUT2D eigenvalue weighted by Gasteiger charge is 2.37. The molecule has 2 N–H and O–H groups in total. The van der Waals surface area contributed by atoms with Crippen molar-refractivity contribution >= 4 is 33.2 Å². The van der Waals surface area contributed by atoms with E-state index in [1.165, 1.54) is 5.56 Å². The standard InChI is InChI=1S/C30H37ClN2O5S/c1-20-5-4-7-28(34)26-12-9-23(26)17-33-14-3-2-6-21-15-25(31)11-8-24(21)18-38-29-13-10-22(16-27(29)33)30(35)32-39(36,37)19-20/h4,7-8,10-11,13,15-16,20,23,26,28,34H,2-3,5-6,9,12,14,17-19H2,1H3,(H,32,35)/b7-4+/t20-,23-,26+,28+/m0/s1. The molecule has 210 valence electrons. The molecular weight excluding hydrogens is 536 g/mol. The number of nitrogens with zero attached hydrogens (tertiary/aromatic N) is 1. The number of benzene rings is 2. The number of carbonyl (C=O) groups is 1. The van der Waals surface area contributed by atoms with E-state index in [1.54, 1.807) is 18.2 Å². The lowest BCUT2D eigenvalue weighted by Crippen LogP contribution is -2.43. The summed E-state index contributed by atoms with van der Waals surface area (Å²) in [7, 11) is -3.83. The highest BCUT2D eigenvalue weighted by atomic mass is 35.5. The number of aliphatic hydroxyl groups is 1. The normalized spacial score (nSPS) is 28.4. The summed E-state index contributed by atoms with van der Waals surface area (Å²) in [6, 6.07) is 11.0. The molecule has 7 nitrogen and oxygen atoms in total. The summed E-state index contributed by atoms with van der Waals surface area (Å²) in [4.78, 5) is 15.4. The van der Waals surface area contributed by atoms with Gasteiger partial charge in [-0.25, -0.2) is 13.1 Å². The Balaban J connectivity index is 1.52. The molecule has 2 aromatic carbocycles. The van der Waals surface area contributed by atoms with E-state index in [0.29, 0.717) is 29.7 Å². The molecule has 2 bridgehead atoms. The van der Waals surface area contributed by atoms with E-state index in [4.69, 9.17) is 16.3 Å². The third-order valence-electron chi connectivity index (χ3n) is 8.23. The topological polar surface area (TPSA) is 95.9 Å². The van der Waals surface area contributed by atoms with Crippen LogP contribution in [0.15, 0.2) is 48.6 Å². The average Bonchev–Trinajstić information content (AvgIpc) is 2.88. The van der Waals surface area contributed by atoms with Crippen molar-refractivity contribution in [3.63, 3.8) is 0 Å². The van der Waals surface area contributed by atoms with E-state index in [2.05, 4.69) is 9.62 Å². The van der Waals surface area contributed by atoms with Crippen LogP contribution in [0.2, 0.25) is 5.02 Å². The number of hydrogen-bond acceptors (Lipinski definition) is 6. The molecule has 9 heteroatoms. The predicted molar refractivity (Wildman–Crippen MR) is 154 cm³/mol. The number of allylic oxidation sites excluding steroid dienone is 1. The molecule has 39 heavy (non-hydrogen) atoms. The number of rotatable bonds is 0. The lowest BCUT2D eigenvalue weighted by molar-refractivity contribution is 0.0461. The van der Waals surface area contributed by atoms with Gasteiger partial charge in [0, 0.05) is 23.7 Å². The van der Waals surface area contributed by atoms with Crippen LogP contribution in [-0.2, 0) is 23.1 Å². The highest BCUT2D eigenvalue weighted by molar-refractivity contribution is 7.90. The summed E-state index contributed by atoms with van der Waals surface area (Å²) in [5.74, 6) is 0.0879. The van der Waals surface area contributed by atoms with E-state index < -0.39 is 22.0 Å². The Morgan fingerprint density at radius 1 is 1.10 bits per heavy atom. The van der Waals surface area contributed by atoms with E-state index >= 15 is 0 Å². The minimum atomic E-state index is -3.83. The van der Waals surface area contributed by atoms with Crippen LogP contribution in [0.3, 0.4) is 0 Å². The van der Waals surface area contributed by atoms with Crippen molar-refractivity contribution in [1.82, 2.24) is 4.72 Å². The average molecular weight is 573 g/mol. The van der Waals surface area contributed by atoms with Crippen LogP contribution in [0, 0.1) is 17.8 Å². The van der Waals surface area contributed by atoms with Crippen LogP contribution in [0.1, 0.15) is 60.5 Å². The van der Waals surface area contributed by atoms with Crippen molar-refractivity contribution in [2.45, 2.75) is 58.2 Å². The quantitative estimate of drug-likeness (QED) is 0.426. The van der Waals surface area contributed by atoms with Gasteiger partial charge >= 0.3 is 0 Å². The summed E-state index contributed by atoms with van der Waals surface area (Å²) >= 11 is 6.28. The molecule has 4 atom stereocenters. The highest BCUT2D eigenvalue weighted by Crippen LogP contribution is 2.41. The van der Waals surface area contributed by atoms with Crippen LogP contribution < -0.4 is 14.4 Å². The largest absolute Gasteiger partial charge is 0.487 e. The van der Waals surface area contributed by atoms with Crippen molar-refractivity contribution in [1.29, 1.82) is 0 Å². The molecule has 2 heterocycles. The van der Waals surface area contributed by atoms with Crippen molar-refractivity contribution in [3.05, 3.63) is 70.3 Å². The molecule has 3 aliphatic rings. The second kappa shape index (κ2) is 11.9. The number of hydrogen-bond donors (Lipinski definition) is 2. The maximum absolute atomic E-state index is 13.1.